The van der Waals surface area contributed by atoms with Crippen molar-refractivity contribution >= 4 is 23.2 Å². The van der Waals surface area contributed by atoms with Crippen LogP contribution in [0.3, 0.4) is 0 Å². The highest BCUT2D eigenvalue weighted by molar-refractivity contribution is 6.30. The molecule has 7 heteroatoms. The highest BCUT2D eigenvalue weighted by Crippen LogP contribution is 2.18. The number of anilines is 1. The topological polar surface area (TPSA) is 72.7 Å². The maximum absolute atomic E-state index is 12.3. The number of carbonyl (C=O) groups is 1. The fourth-order valence-corrected chi connectivity index (χ4v) is 2.14. The summed E-state index contributed by atoms with van der Waals surface area (Å²) in [7, 11) is 1.75. The Morgan fingerprint density at radius 1 is 1.18 bits per heavy atom. The lowest BCUT2D eigenvalue weighted by molar-refractivity contribution is 0.102. The molecule has 1 heterocycles. The fourth-order valence-electron chi connectivity index (χ4n) is 2.01. The van der Waals surface area contributed by atoms with Gasteiger partial charge in [-0.05, 0) is 46.8 Å². The van der Waals surface area contributed by atoms with E-state index in [0.717, 1.165) is 5.56 Å². The molecule has 110 valence electrons. The lowest BCUT2D eigenvalue weighted by Gasteiger charge is -2.06. The van der Waals surface area contributed by atoms with Crippen LogP contribution in [0.2, 0.25) is 5.02 Å². The van der Waals surface area contributed by atoms with Crippen LogP contribution in [-0.2, 0) is 7.05 Å². The Hall–Kier alpha value is -2.73. The number of nitrogens with one attached hydrogen (secondary N) is 1. The minimum Gasteiger partial charge on any atom is -0.322 e. The fraction of sp³-hybridized carbons (Fsp3) is 0.0667. The summed E-state index contributed by atoms with van der Waals surface area (Å²) >= 11 is 5.82. The van der Waals surface area contributed by atoms with Crippen molar-refractivity contribution in [3.8, 4) is 11.4 Å². The van der Waals surface area contributed by atoms with Crippen LogP contribution in [0.1, 0.15) is 10.4 Å². The third-order valence-corrected chi connectivity index (χ3v) is 3.36. The quantitative estimate of drug-likeness (QED) is 0.807. The van der Waals surface area contributed by atoms with Crippen LogP contribution >= 0.6 is 11.6 Å². The first-order valence-electron chi connectivity index (χ1n) is 6.53. The van der Waals surface area contributed by atoms with Gasteiger partial charge in [0, 0.05) is 28.9 Å². The molecular weight excluding hydrogens is 302 g/mol. The summed E-state index contributed by atoms with van der Waals surface area (Å²) in [5, 5.41) is 14.8. The van der Waals surface area contributed by atoms with Crippen molar-refractivity contribution in [2.45, 2.75) is 0 Å². The summed E-state index contributed by atoms with van der Waals surface area (Å²) in [6.07, 6.45) is 0. The lowest BCUT2D eigenvalue weighted by atomic mass is 10.1. The monoisotopic (exact) mass is 313 g/mol. The van der Waals surface area contributed by atoms with E-state index in [9.17, 15) is 4.79 Å². The number of rotatable bonds is 3. The van der Waals surface area contributed by atoms with Gasteiger partial charge in [0.25, 0.3) is 5.91 Å². The Morgan fingerprint density at radius 3 is 2.64 bits per heavy atom. The molecule has 0 saturated carbocycles. The van der Waals surface area contributed by atoms with E-state index in [1.54, 1.807) is 54.2 Å². The molecule has 1 aromatic heterocycles. The van der Waals surface area contributed by atoms with E-state index in [1.165, 1.54) is 0 Å². The number of aromatic nitrogens is 4. The molecule has 22 heavy (non-hydrogen) atoms. The average Bonchev–Trinajstić information content (AvgIpc) is 2.96. The van der Waals surface area contributed by atoms with Gasteiger partial charge in [0.2, 0.25) is 0 Å². The summed E-state index contributed by atoms with van der Waals surface area (Å²) in [6, 6.07) is 14.1. The van der Waals surface area contributed by atoms with Crippen LogP contribution in [0.5, 0.6) is 0 Å². The number of tetrazole rings is 1. The molecule has 1 N–H and O–H groups in total. The molecule has 0 spiro atoms. The van der Waals surface area contributed by atoms with Crippen molar-refractivity contribution < 1.29 is 4.79 Å². The molecule has 0 fully saturated rings. The Bertz CT molecular complexity index is 813. The second kappa shape index (κ2) is 5.95. The van der Waals surface area contributed by atoms with Gasteiger partial charge in [-0.25, -0.2) is 4.68 Å². The second-order valence-corrected chi connectivity index (χ2v) is 5.10. The highest BCUT2D eigenvalue weighted by atomic mass is 35.5. The second-order valence-electron chi connectivity index (χ2n) is 4.67. The number of aryl methyl sites for hydroxylation is 1. The van der Waals surface area contributed by atoms with Gasteiger partial charge < -0.3 is 5.32 Å². The molecule has 0 atom stereocenters. The summed E-state index contributed by atoms with van der Waals surface area (Å²) in [4.78, 5) is 12.3. The maximum atomic E-state index is 12.3. The number of hydrogen-bond acceptors (Lipinski definition) is 4. The maximum Gasteiger partial charge on any atom is 0.255 e. The lowest BCUT2D eigenvalue weighted by Crippen LogP contribution is -2.11. The molecule has 6 nitrogen and oxygen atoms in total. The molecule has 3 rings (SSSR count). The van der Waals surface area contributed by atoms with Crippen molar-refractivity contribution in [1.82, 2.24) is 20.2 Å². The highest BCUT2D eigenvalue weighted by Gasteiger charge is 2.10. The Kier molecular flexibility index (Phi) is 3.84. The zero-order chi connectivity index (χ0) is 15.5. The number of hydrogen-bond donors (Lipinski definition) is 1. The molecule has 0 radical (unpaired) electrons. The van der Waals surface area contributed by atoms with Gasteiger partial charge in [-0.1, -0.05) is 23.7 Å². The molecule has 0 aliphatic rings. The Balaban J connectivity index is 1.84. The van der Waals surface area contributed by atoms with Crippen LogP contribution < -0.4 is 5.32 Å². The molecular formula is C15H12ClN5O. The average molecular weight is 314 g/mol. The first-order valence-corrected chi connectivity index (χ1v) is 6.91. The third kappa shape index (κ3) is 2.96. The number of nitrogens with zero attached hydrogens (tertiary/aromatic N) is 4. The van der Waals surface area contributed by atoms with Crippen molar-refractivity contribution in [1.29, 1.82) is 0 Å². The predicted molar refractivity (Wildman–Crippen MR) is 83.6 cm³/mol. The first kappa shape index (κ1) is 14.2. The van der Waals surface area contributed by atoms with Crippen LogP contribution in [0.15, 0.2) is 48.5 Å². The minimum absolute atomic E-state index is 0.209. The molecule has 0 bridgehead atoms. The van der Waals surface area contributed by atoms with Crippen molar-refractivity contribution in [3.63, 3.8) is 0 Å². The van der Waals surface area contributed by atoms with Gasteiger partial charge in [0.15, 0.2) is 5.82 Å². The number of benzene rings is 2. The van der Waals surface area contributed by atoms with E-state index < -0.39 is 0 Å². The van der Waals surface area contributed by atoms with E-state index in [1.807, 2.05) is 6.07 Å². The number of carbonyl (C=O) groups excluding carboxylic acids is 1. The van der Waals surface area contributed by atoms with E-state index in [0.29, 0.717) is 22.1 Å². The molecule has 1 amide bonds. The summed E-state index contributed by atoms with van der Waals surface area (Å²) in [6.45, 7) is 0. The zero-order valence-electron chi connectivity index (χ0n) is 11.7. The number of amides is 1. The van der Waals surface area contributed by atoms with Crippen molar-refractivity contribution in [3.05, 3.63) is 59.1 Å². The largest absolute Gasteiger partial charge is 0.322 e. The third-order valence-electron chi connectivity index (χ3n) is 3.11. The van der Waals surface area contributed by atoms with Gasteiger partial charge in [-0.3, -0.25) is 4.79 Å². The molecule has 3 aromatic rings. The van der Waals surface area contributed by atoms with Gasteiger partial charge in [0.05, 0.1) is 0 Å². The molecule has 2 aromatic carbocycles. The summed E-state index contributed by atoms with van der Waals surface area (Å²) in [5.41, 5.74) is 1.98. The number of halogens is 1. The van der Waals surface area contributed by atoms with Crippen molar-refractivity contribution in [2.24, 2.45) is 7.05 Å². The predicted octanol–water partition coefficient (Wildman–Crippen LogP) is 2.78. The molecule has 0 aliphatic heterocycles. The van der Waals surface area contributed by atoms with E-state index in [-0.39, 0.29) is 5.91 Å². The molecule has 0 saturated heterocycles. The van der Waals surface area contributed by atoms with Crippen LogP contribution in [0, 0.1) is 0 Å². The minimum atomic E-state index is -0.209. The zero-order valence-corrected chi connectivity index (χ0v) is 12.4. The molecule has 0 unspecified atom stereocenters. The van der Waals surface area contributed by atoms with Crippen LogP contribution in [0.25, 0.3) is 11.4 Å². The Labute approximate surface area is 131 Å². The first-order chi connectivity index (χ1) is 10.6. The van der Waals surface area contributed by atoms with Crippen LogP contribution in [-0.4, -0.2) is 26.1 Å². The van der Waals surface area contributed by atoms with Crippen molar-refractivity contribution in [2.75, 3.05) is 5.32 Å². The normalized spacial score (nSPS) is 10.5. The van der Waals surface area contributed by atoms with Gasteiger partial charge in [-0.15, -0.1) is 5.10 Å². The van der Waals surface area contributed by atoms with E-state index in [4.69, 9.17) is 11.6 Å². The van der Waals surface area contributed by atoms with E-state index in [2.05, 4.69) is 20.8 Å². The smallest absolute Gasteiger partial charge is 0.255 e. The van der Waals surface area contributed by atoms with Gasteiger partial charge in [0.1, 0.15) is 0 Å². The van der Waals surface area contributed by atoms with Gasteiger partial charge in [-0.2, -0.15) is 0 Å². The Morgan fingerprint density at radius 2 is 1.95 bits per heavy atom. The van der Waals surface area contributed by atoms with Gasteiger partial charge >= 0.3 is 0 Å². The SMILES string of the molecule is Cn1nnnc1-c1cccc(C(=O)Nc2ccc(Cl)cc2)c1. The van der Waals surface area contributed by atoms with E-state index >= 15 is 0 Å². The molecule has 0 aliphatic carbocycles. The van der Waals surface area contributed by atoms with Crippen LogP contribution in [0.4, 0.5) is 5.69 Å². The summed E-state index contributed by atoms with van der Waals surface area (Å²) in [5.74, 6) is 0.389. The standard InChI is InChI=1S/C15H12ClN5O/c1-21-14(18-19-20-21)10-3-2-4-11(9-10)15(22)17-13-7-5-12(16)6-8-13/h2-9H,1H3,(H,17,22). The summed E-state index contributed by atoms with van der Waals surface area (Å²) < 4.78 is 1.55.